The summed E-state index contributed by atoms with van der Waals surface area (Å²) in [6.07, 6.45) is 0. The Morgan fingerprint density at radius 2 is 1.61 bits per heavy atom. The number of hydrogen-bond donors (Lipinski definition) is 1. The van der Waals surface area contributed by atoms with Crippen LogP contribution < -0.4 is 0 Å². The second kappa shape index (κ2) is 4.71. The molecule has 1 aromatic rings. The molecule has 3 nitrogen and oxygen atoms in total. The van der Waals surface area contributed by atoms with Crippen LogP contribution in [0.15, 0.2) is 17.3 Å². The molecular weight excluding hydrogens is 226 g/mol. The topological polar surface area (TPSA) is 49.7 Å². The summed E-state index contributed by atoms with van der Waals surface area (Å²) in [5.41, 5.74) is 2.41. The maximum absolute atomic E-state index is 10.5. The molecule has 0 bridgehead atoms. The van der Waals surface area contributed by atoms with Crippen molar-refractivity contribution in [1.29, 1.82) is 0 Å². The minimum Gasteiger partial charge on any atom is -0.507 e. The molecule has 100 valence electrons. The molecule has 0 heterocycles. The third-order valence-corrected chi connectivity index (χ3v) is 3.10. The van der Waals surface area contributed by atoms with Gasteiger partial charge in [0.1, 0.15) is 12.3 Å². The molecule has 0 fully saturated rings. The van der Waals surface area contributed by atoms with Gasteiger partial charge in [0.2, 0.25) is 0 Å². The molecule has 0 saturated carbocycles. The molecule has 1 aromatic carbocycles. The van der Waals surface area contributed by atoms with E-state index in [0.29, 0.717) is 5.56 Å². The molecule has 0 aliphatic heterocycles. The zero-order valence-electron chi connectivity index (χ0n) is 12.2. The lowest BCUT2D eigenvalue weighted by molar-refractivity contribution is 0.438. The van der Waals surface area contributed by atoms with Gasteiger partial charge in [0.15, 0.2) is 0 Å². The van der Waals surface area contributed by atoms with Crippen LogP contribution in [0, 0.1) is 4.91 Å². The molecule has 0 unspecified atom stereocenters. The Morgan fingerprint density at radius 3 is 2.00 bits per heavy atom. The smallest absolute Gasteiger partial charge is 0.124 e. The first kappa shape index (κ1) is 14.7. The average molecular weight is 249 g/mol. The summed E-state index contributed by atoms with van der Waals surface area (Å²) in [7, 11) is 0. The third-order valence-electron chi connectivity index (χ3n) is 3.10. The largest absolute Gasteiger partial charge is 0.507 e. The van der Waals surface area contributed by atoms with Crippen LogP contribution in [-0.4, -0.2) is 5.11 Å². The fourth-order valence-electron chi connectivity index (χ4n) is 1.89. The number of phenols is 1. The van der Waals surface area contributed by atoms with Crippen LogP contribution >= 0.6 is 0 Å². The van der Waals surface area contributed by atoms with Gasteiger partial charge in [0, 0.05) is 5.56 Å². The van der Waals surface area contributed by atoms with E-state index in [4.69, 9.17) is 0 Å². The molecule has 0 radical (unpaired) electrons. The fourth-order valence-corrected chi connectivity index (χ4v) is 1.89. The van der Waals surface area contributed by atoms with Gasteiger partial charge in [-0.1, -0.05) is 52.8 Å². The zero-order valence-corrected chi connectivity index (χ0v) is 12.2. The van der Waals surface area contributed by atoms with E-state index >= 15 is 0 Å². The lowest BCUT2D eigenvalue weighted by atomic mass is 9.79. The van der Waals surface area contributed by atoms with Crippen LogP contribution in [-0.2, 0) is 17.4 Å². The third kappa shape index (κ3) is 3.09. The lowest BCUT2D eigenvalue weighted by Crippen LogP contribution is -2.17. The highest BCUT2D eigenvalue weighted by Gasteiger charge is 2.24. The molecule has 18 heavy (non-hydrogen) atoms. The minimum absolute atomic E-state index is 0.0127. The van der Waals surface area contributed by atoms with Gasteiger partial charge in [0.05, 0.1) is 0 Å². The van der Waals surface area contributed by atoms with Crippen molar-refractivity contribution in [3.63, 3.8) is 0 Å². The Bertz CT molecular complexity index is 451. The Balaban J connectivity index is 3.52. The first-order valence-corrected chi connectivity index (χ1v) is 6.23. The summed E-state index contributed by atoms with van der Waals surface area (Å²) < 4.78 is 0. The number of aromatic hydroxyl groups is 1. The van der Waals surface area contributed by atoms with Gasteiger partial charge in [0.25, 0.3) is 0 Å². The van der Waals surface area contributed by atoms with E-state index in [1.807, 2.05) is 32.9 Å². The average Bonchev–Trinajstić information content (AvgIpc) is 2.17. The molecule has 0 aromatic heterocycles. The summed E-state index contributed by atoms with van der Waals surface area (Å²) in [5.74, 6) is 0.204. The maximum Gasteiger partial charge on any atom is 0.124 e. The summed E-state index contributed by atoms with van der Waals surface area (Å²) in [5, 5.41) is 13.1. The fraction of sp³-hybridized carbons (Fsp3) is 0.600. The van der Waals surface area contributed by atoms with Crippen LogP contribution in [0.3, 0.4) is 0 Å². The standard InChI is InChI=1S/C15H23NO2/c1-14(2,3)11-7-10(9-16-18)13(17)12(8-11)15(4,5)6/h7-8,17H,9H2,1-6H3. The van der Waals surface area contributed by atoms with Gasteiger partial charge in [-0.3, -0.25) is 0 Å². The number of rotatable bonds is 2. The number of nitrogens with zero attached hydrogens (tertiary/aromatic N) is 1. The van der Waals surface area contributed by atoms with Gasteiger partial charge < -0.3 is 5.11 Å². The van der Waals surface area contributed by atoms with E-state index in [1.54, 1.807) is 0 Å². The highest BCUT2D eigenvalue weighted by molar-refractivity contribution is 5.48. The van der Waals surface area contributed by atoms with Crippen LogP contribution in [0.2, 0.25) is 0 Å². The molecule has 0 saturated heterocycles. The van der Waals surface area contributed by atoms with Crippen molar-refractivity contribution in [2.45, 2.75) is 58.9 Å². The monoisotopic (exact) mass is 249 g/mol. The van der Waals surface area contributed by atoms with Crippen molar-refractivity contribution in [1.82, 2.24) is 0 Å². The minimum atomic E-state index is -0.164. The number of phenolic OH excluding ortho intramolecular Hbond substituents is 1. The molecular formula is C15H23NO2. The Kier molecular flexibility index (Phi) is 3.84. The maximum atomic E-state index is 10.5. The molecule has 1 rings (SSSR count). The number of benzene rings is 1. The Labute approximate surface area is 109 Å². The van der Waals surface area contributed by atoms with E-state index in [1.165, 1.54) is 0 Å². The summed E-state index contributed by atoms with van der Waals surface area (Å²) in [6, 6.07) is 3.91. The summed E-state index contributed by atoms with van der Waals surface area (Å²) in [4.78, 5) is 10.5. The Hall–Kier alpha value is -1.38. The first-order chi connectivity index (χ1) is 8.07. The van der Waals surface area contributed by atoms with Gasteiger partial charge in [-0.2, -0.15) is 4.91 Å². The van der Waals surface area contributed by atoms with Crippen LogP contribution in [0.25, 0.3) is 0 Å². The predicted octanol–water partition coefficient (Wildman–Crippen LogP) is 4.25. The van der Waals surface area contributed by atoms with Crippen molar-refractivity contribution in [2.75, 3.05) is 0 Å². The summed E-state index contributed by atoms with van der Waals surface area (Å²) >= 11 is 0. The molecule has 0 aliphatic rings. The van der Waals surface area contributed by atoms with Crippen molar-refractivity contribution in [3.05, 3.63) is 33.7 Å². The van der Waals surface area contributed by atoms with E-state index in [9.17, 15) is 10.0 Å². The zero-order chi connectivity index (χ0) is 14.1. The molecule has 1 N–H and O–H groups in total. The van der Waals surface area contributed by atoms with Crippen LogP contribution in [0.4, 0.5) is 0 Å². The molecule has 0 atom stereocenters. The second-order valence-electron chi connectivity index (χ2n) is 6.82. The molecule has 0 aliphatic carbocycles. The number of hydrogen-bond acceptors (Lipinski definition) is 3. The van der Waals surface area contributed by atoms with E-state index < -0.39 is 0 Å². The molecule has 3 heteroatoms. The van der Waals surface area contributed by atoms with Gasteiger partial charge in [-0.15, -0.1) is 0 Å². The van der Waals surface area contributed by atoms with E-state index in [-0.39, 0.29) is 23.1 Å². The van der Waals surface area contributed by atoms with Crippen molar-refractivity contribution < 1.29 is 5.11 Å². The lowest BCUT2D eigenvalue weighted by Gasteiger charge is -2.27. The Morgan fingerprint density at radius 1 is 1.06 bits per heavy atom. The second-order valence-corrected chi connectivity index (χ2v) is 6.82. The number of nitroso groups, excluding NO2 is 1. The van der Waals surface area contributed by atoms with E-state index in [0.717, 1.165) is 11.1 Å². The van der Waals surface area contributed by atoms with Crippen LogP contribution in [0.5, 0.6) is 5.75 Å². The highest BCUT2D eigenvalue weighted by atomic mass is 16.3. The quantitative estimate of drug-likeness (QED) is 0.796. The van der Waals surface area contributed by atoms with Crippen molar-refractivity contribution in [2.24, 2.45) is 5.18 Å². The van der Waals surface area contributed by atoms with Gasteiger partial charge >= 0.3 is 0 Å². The SMILES string of the molecule is CC(C)(C)c1cc(CN=O)c(O)c(C(C)(C)C)c1. The molecule has 0 spiro atoms. The molecule has 0 amide bonds. The van der Waals surface area contributed by atoms with Crippen molar-refractivity contribution >= 4 is 0 Å². The normalized spacial score (nSPS) is 12.6. The van der Waals surface area contributed by atoms with E-state index in [2.05, 4.69) is 25.9 Å². The van der Waals surface area contributed by atoms with Crippen molar-refractivity contribution in [3.8, 4) is 5.75 Å². The van der Waals surface area contributed by atoms with Gasteiger partial charge in [-0.05, 0) is 28.0 Å². The predicted molar refractivity (Wildman–Crippen MR) is 75.0 cm³/mol. The summed E-state index contributed by atoms with van der Waals surface area (Å²) in [6.45, 7) is 12.5. The van der Waals surface area contributed by atoms with Crippen LogP contribution in [0.1, 0.15) is 58.2 Å². The highest BCUT2D eigenvalue weighted by Crippen LogP contribution is 2.37. The first-order valence-electron chi connectivity index (χ1n) is 6.23. The van der Waals surface area contributed by atoms with Gasteiger partial charge in [-0.25, -0.2) is 0 Å².